The Balaban J connectivity index is 1.29. The molecule has 186 valence electrons. The molecule has 3 aliphatic rings. The molecule has 2 saturated carbocycles. The molecule has 0 atom stereocenters. The Hall–Kier alpha value is -3.59. The van der Waals surface area contributed by atoms with Crippen LogP contribution in [-0.2, 0) is 17.6 Å². The molecule has 8 nitrogen and oxygen atoms in total. The molecule has 4 N–H and O–H groups in total. The van der Waals surface area contributed by atoms with Gasteiger partial charge in [0.2, 0.25) is 5.95 Å². The summed E-state index contributed by atoms with van der Waals surface area (Å²) in [6, 6.07) is 11.7. The molecule has 1 aromatic carbocycles. The van der Waals surface area contributed by atoms with Crippen molar-refractivity contribution in [2.75, 3.05) is 17.2 Å². The predicted octanol–water partition coefficient (Wildman–Crippen LogP) is 4.59. The highest BCUT2D eigenvalue weighted by Gasteiger charge is 2.46. The molecule has 2 fully saturated rings. The summed E-state index contributed by atoms with van der Waals surface area (Å²) in [6.45, 7) is 4.80. The molecule has 36 heavy (non-hydrogen) atoms. The van der Waals surface area contributed by atoms with Gasteiger partial charge in [-0.05, 0) is 74.9 Å². The molecule has 0 radical (unpaired) electrons. The maximum Gasteiger partial charge on any atom is 0.256 e. The molecule has 2 aromatic heterocycles. The lowest BCUT2D eigenvalue weighted by Gasteiger charge is -2.26. The molecule has 0 bridgehead atoms. The van der Waals surface area contributed by atoms with E-state index in [9.17, 15) is 9.18 Å². The third-order valence-corrected chi connectivity index (χ3v) is 7.12. The van der Waals surface area contributed by atoms with Crippen molar-refractivity contribution in [2.45, 2.75) is 63.2 Å². The molecule has 3 heterocycles. The van der Waals surface area contributed by atoms with Gasteiger partial charge < -0.3 is 21.3 Å². The highest BCUT2D eigenvalue weighted by atomic mass is 19.1. The number of hydrogen-bond acceptors (Lipinski definition) is 7. The zero-order valence-corrected chi connectivity index (χ0v) is 20.5. The summed E-state index contributed by atoms with van der Waals surface area (Å²) in [6.07, 6.45) is 5.92. The van der Waals surface area contributed by atoms with Crippen LogP contribution in [0.5, 0.6) is 0 Å². The minimum atomic E-state index is -1.59. The van der Waals surface area contributed by atoms with Crippen molar-refractivity contribution in [1.82, 2.24) is 25.6 Å². The Morgan fingerprint density at radius 2 is 1.97 bits per heavy atom. The van der Waals surface area contributed by atoms with Crippen molar-refractivity contribution in [3.05, 3.63) is 65.0 Å². The topological polar surface area (TPSA) is 104 Å². The molecule has 9 heteroatoms. The van der Waals surface area contributed by atoms with Crippen LogP contribution in [0.2, 0.25) is 0 Å². The number of aromatic nitrogens is 3. The first kappa shape index (κ1) is 22.8. The average Bonchev–Trinajstić information content (AvgIpc) is 3.78. The fourth-order valence-electron chi connectivity index (χ4n) is 4.74. The smallest absolute Gasteiger partial charge is 0.256 e. The molecular weight excluding hydrogens is 457 g/mol. The van der Waals surface area contributed by atoms with Crippen LogP contribution < -0.4 is 21.3 Å². The molecular formula is C27H30FN7O. The summed E-state index contributed by atoms with van der Waals surface area (Å²) in [5.74, 6) is 0.817. The van der Waals surface area contributed by atoms with Gasteiger partial charge in [0.1, 0.15) is 22.9 Å². The first-order valence-electron chi connectivity index (χ1n) is 12.5. The minimum absolute atomic E-state index is 0.191. The van der Waals surface area contributed by atoms with Crippen molar-refractivity contribution in [3.63, 3.8) is 0 Å². The van der Waals surface area contributed by atoms with E-state index in [1.807, 2.05) is 0 Å². The zero-order chi connectivity index (χ0) is 24.9. The number of anilines is 4. The van der Waals surface area contributed by atoms with E-state index in [0.29, 0.717) is 34.3 Å². The largest absolute Gasteiger partial charge is 0.349 e. The molecule has 1 spiro atoms. The van der Waals surface area contributed by atoms with Gasteiger partial charge in [-0.15, -0.1) is 0 Å². The van der Waals surface area contributed by atoms with Crippen LogP contribution >= 0.6 is 0 Å². The van der Waals surface area contributed by atoms with Gasteiger partial charge in [0.05, 0.1) is 5.69 Å². The maximum absolute atomic E-state index is 14.5. The number of alkyl halides is 1. The number of amides is 1. The van der Waals surface area contributed by atoms with Gasteiger partial charge in [-0.3, -0.25) is 4.79 Å². The Morgan fingerprint density at radius 1 is 1.14 bits per heavy atom. The second-order valence-electron chi connectivity index (χ2n) is 10.6. The summed E-state index contributed by atoms with van der Waals surface area (Å²) in [7, 11) is 0. The number of rotatable bonds is 7. The van der Waals surface area contributed by atoms with E-state index >= 15 is 0 Å². The number of carbonyl (C=O) groups excluding carboxylic acids is 1. The Morgan fingerprint density at radius 3 is 2.72 bits per heavy atom. The number of pyridine rings is 1. The number of carbonyl (C=O) groups is 1. The molecule has 6 rings (SSSR count). The number of halogens is 1. The SMILES string of the molecule is CC(C)(F)c1cccc(Nc2nc(Nc3ccc4c(c3)CNCC43CC3)ncc2C(=O)NC2CC2)n1. The third-order valence-electron chi connectivity index (χ3n) is 7.12. The van der Waals surface area contributed by atoms with Crippen LogP contribution in [0.25, 0.3) is 0 Å². The van der Waals surface area contributed by atoms with Gasteiger partial charge in [0, 0.05) is 36.4 Å². The molecule has 3 aromatic rings. The van der Waals surface area contributed by atoms with Crippen molar-refractivity contribution < 1.29 is 9.18 Å². The lowest BCUT2D eigenvalue weighted by molar-refractivity contribution is 0.0951. The first-order chi connectivity index (χ1) is 17.3. The summed E-state index contributed by atoms with van der Waals surface area (Å²) >= 11 is 0. The number of nitrogens with one attached hydrogen (secondary N) is 4. The van der Waals surface area contributed by atoms with Gasteiger partial charge in [0.25, 0.3) is 5.91 Å². The fourth-order valence-corrected chi connectivity index (χ4v) is 4.74. The van der Waals surface area contributed by atoms with Crippen molar-refractivity contribution in [1.29, 1.82) is 0 Å². The number of nitrogens with zero attached hydrogens (tertiary/aromatic N) is 3. The number of hydrogen-bond donors (Lipinski definition) is 4. The Kier molecular flexibility index (Phi) is 5.40. The highest BCUT2D eigenvalue weighted by molar-refractivity contribution is 5.99. The molecule has 1 aliphatic heterocycles. The van der Waals surface area contributed by atoms with E-state index in [-0.39, 0.29) is 11.9 Å². The molecule has 1 amide bonds. The van der Waals surface area contributed by atoms with Crippen LogP contribution in [0, 0.1) is 0 Å². The standard InChI is InChI=1S/C27H30FN7O/c1-26(2,28)21-4-3-5-22(33-21)34-23-19(24(36)31-17-6-7-17)14-30-25(35-23)32-18-8-9-20-16(12-18)13-29-15-27(20)10-11-27/h3-5,8-9,12,14,17,29H,6-7,10-11,13,15H2,1-2H3,(H,31,36)(H2,30,32,33,34,35). The van der Waals surface area contributed by atoms with Crippen LogP contribution in [0.1, 0.15) is 66.7 Å². The zero-order valence-electron chi connectivity index (χ0n) is 20.5. The maximum atomic E-state index is 14.5. The van der Waals surface area contributed by atoms with Crippen LogP contribution in [0.3, 0.4) is 0 Å². The van der Waals surface area contributed by atoms with Gasteiger partial charge in [0.15, 0.2) is 0 Å². The molecule has 0 unspecified atom stereocenters. The second kappa shape index (κ2) is 8.51. The summed E-state index contributed by atoms with van der Waals surface area (Å²) in [4.78, 5) is 26.3. The van der Waals surface area contributed by atoms with Crippen molar-refractivity contribution in [3.8, 4) is 0 Å². The summed E-state index contributed by atoms with van der Waals surface area (Å²) in [5, 5.41) is 12.9. The normalized spacial score (nSPS) is 17.9. The van der Waals surface area contributed by atoms with Gasteiger partial charge >= 0.3 is 0 Å². The fraction of sp³-hybridized carbons (Fsp3) is 0.407. The van der Waals surface area contributed by atoms with Gasteiger partial charge in [-0.1, -0.05) is 12.1 Å². The monoisotopic (exact) mass is 487 g/mol. The van der Waals surface area contributed by atoms with Gasteiger partial charge in [-0.2, -0.15) is 4.98 Å². The number of fused-ring (bicyclic) bond motifs is 2. The van der Waals surface area contributed by atoms with Crippen LogP contribution in [0.15, 0.2) is 42.6 Å². The Labute approximate surface area is 209 Å². The lowest BCUT2D eigenvalue weighted by atomic mass is 9.88. The predicted molar refractivity (Wildman–Crippen MR) is 137 cm³/mol. The van der Waals surface area contributed by atoms with Crippen LogP contribution in [-0.4, -0.2) is 33.4 Å². The van der Waals surface area contributed by atoms with Gasteiger partial charge in [-0.25, -0.2) is 14.4 Å². The van der Waals surface area contributed by atoms with E-state index in [1.54, 1.807) is 18.2 Å². The summed E-state index contributed by atoms with van der Waals surface area (Å²) in [5.41, 5.74) is 2.92. The third kappa shape index (κ3) is 4.63. The Bertz CT molecular complexity index is 1330. The van der Waals surface area contributed by atoms with E-state index in [0.717, 1.165) is 31.6 Å². The first-order valence-corrected chi connectivity index (χ1v) is 12.5. The number of benzene rings is 1. The second-order valence-corrected chi connectivity index (χ2v) is 10.6. The van der Waals surface area contributed by atoms with Crippen molar-refractivity contribution in [2.24, 2.45) is 0 Å². The van der Waals surface area contributed by atoms with E-state index in [1.165, 1.54) is 44.0 Å². The molecule has 0 saturated heterocycles. The highest BCUT2D eigenvalue weighted by Crippen LogP contribution is 2.50. The summed E-state index contributed by atoms with van der Waals surface area (Å²) < 4.78 is 14.5. The van der Waals surface area contributed by atoms with E-state index in [4.69, 9.17) is 0 Å². The van der Waals surface area contributed by atoms with E-state index in [2.05, 4.69) is 54.4 Å². The quantitative estimate of drug-likeness (QED) is 0.386. The molecule has 2 aliphatic carbocycles. The van der Waals surface area contributed by atoms with Crippen molar-refractivity contribution >= 4 is 29.2 Å². The average molecular weight is 488 g/mol. The minimum Gasteiger partial charge on any atom is -0.349 e. The van der Waals surface area contributed by atoms with E-state index < -0.39 is 5.67 Å². The van der Waals surface area contributed by atoms with Crippen LogP contribution in [0.4, 0.5) is 27.7 Å². The lowest BCUT2D eigenvalue weighted by Crippen LogP contribution is -2.33.